The van der Waals surface area contributed by atoms with Gasteiger partial charge in [0.2, 0.25) is 0 Å². The fraction of sp³-hybridized carbons (Fsp3) is 0.333. The van der Waals surface area contributed by atoms with Crippen LogP contribution in [0.2, 0.25) is 5.15 Å². The number of rotatable bonds is 5. The second kappa shape index (κ2) is 7.47. The standard InChI is InChI=1S/C18H21ClN2O2/c1-18(2,3)14-5-7-15(8-6-14)23-11-10-20-17(22)13-4-9-16(19)21-12-13/h4-9,12H,10-11H2,1-3H3,(H,20,22). The first-order chi connectivity index (χ1) is 10.9. The average Bonchev–Trinajstić information content (AvgIpc) is 2.51. The molecule has 0 saturated carbocycles. The number of benzene rings is 1. The maximum Gasteiger partial charge on any atom is 0.252 e. The summed E-state index contributed by atoms with van der Waals surface area (Å²) < 4.78 is 5.63. The molecule has 23 heavy (non-hydrogen) atoms. The summed E-state index contributed by atoms with van der Waals surface area (Å²) in [4.78, 5) is 15.7. The third-order valence-electron chi connectivity index (χ3n) is 3.37. The van der Waals surface area contributed by atoms with Gasteiger partial charge in [0.15, 0.2) is 0 Å². The molecule has 0 spiro atoms. The molecular weight excluding hydrogens is 312 g/mol. The zero-order valence-electron chi connectivity index (χ0n) is 13.6. The van der Waals surface area contributed by atoms with Gasteiger partial charge in [-0.05, 0) is 35.2 Å². The van der Waals surface area contributed by atoms with Crippen LogP contribution in [0.3, 0.4) is 0 Å². The molecule has 0 bridgehead atoms. The molecule has 1 heterocycles. The number of nitrogens with one attached hydrogen (secondary N) is 1. The van der Waals surface area contributed by atoms with Crippen LogP contribution in [0.15, 0.2) is 42.6 Å². The summed E-state index contributed by atoms with van der Waals surface area (Å²) in [5.74, 6) is 0.598. The van der Waals surface area contributed by atoms with Crippen LogP contribution in [0.4, 0.5) is 0 Å². The quantitative estimate of drug-likeness (QED) is 0.668. The number of hydrogen-bond donors (Lipinski definition) is 1. The van der Waals surface area contributed by atoms with Crippen molar-refractivity contribution in [2.75, 3.05) is 13.2 Å². The summed E-state index contributed by atoms with van der Waals surface area (Å²) in [6, 6.07) is 11.2. The summed E-state index contributed by atoms with van der Waals surface area (Å²) in [5, 5.41) is 3.14. The largest absolute Gasteiger partial charge is 0.492 e. The number of carbonyl (C=O) groups is 1. The first kappa shape index (κ1) is 17.3. The van der Waals surface area contributed by atoms with Gasteiger partial charge in [-0.3, -0.25) is 4.79 Å². The lowest BCUT2D eigenvalue weighted by atomic mass is 9.87. The van der Waals surface area contributed by atoms with Gasteiger partial charge < -0.3 is 10.1 Å². The van der Waals surface area contributed by atoms with E-state index in [1.807, 2.05) is 12.1 Å². The minimum Gasteiger partial charge on any atom is -0.492 e. The molecule has 0 radical (unpaired) electrons. The lowest BCUT2D eigenvalue weighted by Crippen LogP contribution is -2.28. The normalized spacial score (nSPS) is 11.1. The van der Waals surface area contributed by atoms with Crippen molar-refractivity contribution in [1.29, 1.82) is 0 Å². The van der Waals surface area contributed by atoms with E-state index >= 15 is 0 Å². The van der Waals surface area contributed by atoms with Crippen LogP contribution in [0.25, 0.3) is 0 Å². The molecular formula is C18H21ClN2O2. The van der Waals surface area contributed by atoms with Crippen molar-refractivity contribution in [3.63, 3.8) is 0 Å². The molecule has 5 heteroatoms. The maximum absolute atomic E-state index is 11.9. The molecule has 0 fully saturated rings. The van der Waals surface area contributed by atoms with Crippen LogP contribution < -0.4 is 10.1 Å². The molecule has 2 aromatic rings. The molecule has 4 nitrogen and oxygen atoms in total. The van der Waals surface area contributed by atoms with Crippen LogP contribution >= 0.6 is 11.6 Å². The smallest absolute Gasteiger partial charge is 0.252 e. The highest BCUT2D eigenvalue weighted by atomic mass is 35.5. The summed E-state index contributed by atoms with van der Waals surface area (Å²) in [6.45, 7) is 7.34. The number of amides is 1. The third-order valence-corrected chi connectivity index (χ3v) is 3.59. The SMILES string of the molecule is CC(C)(C)c1ccc(OCCNC(=O)c2ccc(Cl)nc2)cc1. The van der Waals surface area contributed by atoms with Crippen LogP contribution in [0.5, 0.6) is 5.75 Å². The molecule has 1 aromatic carbocycles. The Morgan fingerprint density at radius 2 is 1.87 bits per heavy atom. The van der Waals surface area contributed by atoms with Crippen molar-refractivity contribution in [3.8, 4) is 5.75 Å². The Morgan fingerprint density at radius 3 is 2.43 bits per heavy atom. The van der Waals surface area contributed by atoms with E-state index < -0.39 is 0 Å². The van der Waals surface area contributed by atoms with Gasteiger partial charge in [0, 0.05) is 6.20 Å². The van der Waals surface area contributed by atoms with Gasteiger partial charge in [-0.2, -0.15) is 0 Å². The van der Waals surface area contributed by atoms with E-state index in [1.54, 1.807) is 12.1 Å². The topological polar surface area (TPSA) is 51.2 Å². The number of ether oxygens (including phenoxy) is 1. The van der Waals surface area contributed by atoms with E-state index in [0.29, 0.717) is 23.9 Å². The number of pyridine rings is 1. The Bertz CT molecular complexity index is 646. The van der Waals surface area contributed by atoms with Crippen molar-refractivity contribution < 1.29 is 9.53 Å². The minimum absolute atomic E-state index is 0.124. The zero-order chi connectivity index (χ0) is 16.9. The van der Waals surface area contributed by atoms with Crippen LogP contribution in [0, 0.1) is 0 Å². The second-order valence-corrected chi connectivity index (χ2v) is 6.64. The van der Waals surface area contributed by atoms with E-state index in [-0.39, 0.29) is 11.3 Å². The summed E-state index contributed by atoms with van der Waals surface area (Å²) in [5.41, 5.74) is 1.86. The van der Waals surface area contributed by atoms with Gasteiger partial charge in [0.25, 0.3) is 5.91 Å². The molecule has 1 N–H and O–H groups in total. The van der Waals surface area contributed by atoms with E-state index in [1.165, 1.54) is 11.8 Å². The molecule has 0 unspecified atom stereocenters. The van der Waals surface area contributed by atoms with Gasteiger partial charge in [-0.1, -0.05) is 44.5 Å². The molecule has 0 aliphatic rings. The van der Waals surface area contributed by atoms with Crippen molar-refractivity contribution in [1.82, 2.24) is 10.3 Å². The first-order valence-corrected chi connectivity index (χ1v) is 7.87. The summed E-state index contributed by atoms with van der Waals surface area (Å²) in [6.07, 6.45) is 1.45. The van der Waals surface area contributed by atoms with Crippen LogP contribution in [-0.2, 0) is 5.41 Å². The molecule has 0 aliphatic heterocycles. The van der Waals surface area contributed by atoms with Crippen molar-refractivity contribution >= 4 is 17.5 Å². The predicted octanol–water partition coefficient (Wildman–Crippen LogP) is 3.84. The fourth-order valence-corrected chi connectivity index (χ4v) is 2.11. The highest BCUT2D eigenvalue weighted by molar-refractivity contribution is 6.29. The van der Waals surface area contributed by atoms with Crippen molar-refractivity contribution in [3.05, 3.63) is 58.9 Å². The summed E-state index contributed by atoms with van der Waals surface area (Å²) >= 11 is 5.69. The fourth-order valence-electron chi connectivity index (χ4n) is 2.00. The van der Waals surface area contributed by atoms with E-state index in [9.17, 15) is 4.79 Å². The predicted molar refractivity (Wildman–Crippen MR) is 92.2 cm³/mol. The van der Waals surface area contributed by atoms with Gasteiger partial charge in [-0.25, -0.2) is 4.98 Å². The number of hydrogen-bond acceptors (Lipinski definition) is 3. The molecule has 2 rings (SSSR count). The van der Waals surface area contributed by atoms with Gasteiger partial charge in [0.05, 0.1) is 12.1 Å². The number of nitrogens with zero attached hydrogens (tertiary/aromatic N) is 1. The van der Waals surface area contributed by atoms with Gasteiger partial charge in [-0.15, -0.1) is 0 Å². The van der Waals surface area contributed by atoms with E-state index in [4.69, 9.17) is 16.3 Å². The zero-order valence-corrected chi connectivity index (χ0v) is 14.4. The molecule has 1 aromatic heterocycles. The molecule has 0 aliphatic carbocycles. The van der Waals surface area contributed by atoms with Crippen LogP contribution in [0.1, 0.15) is 36.7 Å². The van der Waals surface area contributed by atoms with Gasteiger partial charge >= 0.3 is 0 Å². The highest BCUT2D eigenvalue weighted by Crippen LogP contribution is 2.24. The number of halogens is 1. The van der Waals surface area contributed by atoms with Crippen LogP contribution in [-0.4, -0.2) is 24.0 Å². The summed E-state index contributed by atoms with van der Waals surface area (Å²) in [7, 11) is 0. The monoisotopic (exact) mass is 332 g/mol. The number of aromatic nitrogens is 1. The first-order valence-electron chi connectivity index (χ1n) is 7.49. The average molecular weight is 333 g/mol. The maximum atomic E-state index is 11.9. The third kappa shape index (κ3) is 5.25. The molecule has 0 atom stereocenters. The van der Waals surface area contributed by atoms with E-state index in [2.05, 4.69) is 43.2 Å². The Balaban J connectivity index is 1.77. The molecule has 0 saturated heterocycles. The molecule has 122 valence electrons. The highest BCUT2D eigenvalue weighted by Gasteiger charge is 2.13. The second-order valence-electron chi connectivity index (χ2n) is 6.25. The Labute approximate surface area is 141 Å². The Hall–Kier alpha value is -2.07. The Kier molecular flexibility index (Phi) is 5.61. The number of carbonyl (C=O) groups excluding carboxylic acids is 1. The Morgan fingerprint density at radius 1 is 1.17 bits per heavy atom. The van der Waals surface area contributed by atoms with Crippen molar-refractivity contribution in [2.45, 2.75) is 26.2 Å². The van der Waals surface area contributed by atoms with Gasteiger partial charge in [0.1, 0.15) is 17.5 Å². The van der Waals surface area contributed by atoms with E-state index in [0.717, 1.165) is 5.75 Å². The lowest BCUT2D eigenvalue weighted by molar-refractivity contribution is 0.0946. The van der Waals surface area contributed by atoms with Crippen molar-refractivity contribution in [2.24, 2.45) is 0 Å². The molecule has 1 amide bonds. The lowest BCUT2D eigenvalue weighted by Gasteiger charge is -2.19. The minimum atomic E-state index is -0.194.